The molecule has 0 aliphatic rings. The molecule has 0 aliphatic carbocycles. The number of thioether (sulfide) groups is 1. The standard InChI is InChI=1S/C18H17F2N5O2S/c1-2-27-13-6-3-11(4-7-13)17-23-24-18(25(17)21)28-10-16(26)22-15-9-12(19)5-8-14(15)20/h3-9H,2,10,21H2,1H3,(H,22,26). The minimum atomic E-state index is -0.723. The second-order valence-corrected chi connectivity index (χ2v) is 6.54. The van der Waals surface area contributed by atoms with E-state index < -0.39 is 17.5 Å². The van der Waals surface area contributed by atoms with Gasteiger partial charge in [-0.1, -0.05) is 11.8 Å². The normalized spacial score (nSPS) is 10.7. The van der Waals surface area contributed by atoms with Crippen molar-refractivity contribution in [3.05, 3.63) is 54.1 Å². The number of nitrogens with two attached hydrogens (primary N) is 1. The largest absolute Gasteiger partial charge is 0.494 e. The van der Waals surface area contributed by atoms with Crippen LogP contribution >= 0.6 is 11.8 Å². The Kier molecular flexibility index (Phi) is 6.09. The fourth-order valence-electron chi connectivity index (χ4n) is 2.35. The molecule has 0 saturated carbocycles. The number of ether oxygens (including phenoxy) is 1. The molecule has 1 heterocycles. The minimum Gasteiger partial charge on any atom is -0.494 e. The highest BCUT2D eigenvalue weighted by atomic mass is 32.2. The van der Waals surface area contributed by atoms with Gasteiger partial charge in [0.2, 0.25) is 11.1 Å². The van der Waals surface area contributed by atoms with Crippen molar-refractivity contribution < 1.29 is 18.3 Å². The molecule has 0 bridgehead atoms. The quantitative estimate of drug-likeness (QED) is 0.463. The number of benzene rings is 2. The fourth-order valence-corrected chi connectivity index (χ4v) is 3.01. The highest BCUT2D eigenvalue weighted by Gasteiger charge is 2.15. The average molecular weight is 405 g/mol. The average Bonchev–Trinajstić information content (AvgIpc) is 3.04. The van der Waals surface area contributed by atoms with Gasteiger partial charge in [-0.25, -0.2) is 13.5 Å². The number of aromatic nitrogens is 3. The number of halogens is 2. The first-order valence-corrected chi connectivity index (χ1v) is 9.28. The number of carbonyl (C=O) groups excluding carboxylic acids is 1. The Labute approximate surface area is 163 Å². The molecule has 10 heteroatoms. The number of nitrogens with zero attached hydrogens (tertiary/aromatic N) is 3. The number of rotatable bonds is 7. The van der Waals surface area contributed by atoms with Crippen LogP contribution < -0.4 is 15.9 Å². The van der Waals surface area contributed by atoms with Crippen LogP contribution in [0.5, 0.6) is 5.75 Å². The Balaban J connectivity index is 1.64. The third kappa shape index (κ3) is 4.58. The zero-order valence-corrected chi connectivity index (χ0v) is 15.7. The fraction of sp³-hybridized carbons (Fsp3) is 0.167. The van der Waals surface area contributed by atoms with Crippen molar-refractivity contribution in [2.24, 2.45) is 0 Å². The van der Waals surface area contributed by atoms with Crippen LogP contribution in [0.2, 0.25) is 0 Å². The van der Waals surface area contributed by atoms with Crippen molar-refractivity contribution in [3.63, 3.8) is 0 Å². The Morgan fingerprint density at radius 3 is 2.68 bits per heavy atom. The molecule has 0 spiro atoms. The van der Waals surface area contributed by atoms with E-state index in [0.717, 1.165) is 41.3 Å². The van der Waals surface area contributed by atoms with Gasteiger partial charge in [0.05, 0.1) is 18.0 Å². The van der Waals surface area contributed by atoms with E-state index in [4.69, 9.17) is 10.6 Å². The summed E-state index contributed by atoms with van der Waals surface area (Å²) in [5.41, 5.74) is 0.506. The van der Waals surface area contributed by atoms with Crippen molar-refractivity contribution in [3.8, 4) is 17.1 Å². The molecular weight excluding hydrogens is 388 g/mol. The first-order chi connectivity index (χ1) is 13.5. The summed E-state index contributed by atoms with van der Waals surface area (Å²) >= 11 is 1.02. The van der Waals surface area contributed by atoms with E-state index in [1.54, 1.807) is 24.3 Å². The number of carbonyl (C=O) groups is 1. The molecule has 1 aromatic heterocycles. The molecule has 1 amide bonds. The van der Waals surface area contributed by atoms with Gasteiger partial charge in [-0.3, -0.25) is 4.79 Å². The van der Waals surface area contributed by atoms with E-state index in [-0.39, 0.29) is 11.4 Å². The predicted octanol–water partition coefficient (Wildman–Crippen LogP) is 3.07. The van der Waals surface area contributed by atoms with Gasteiger partial charge in [0, 0.05) is 11.6 Å². The van der Waals surface area contributed by atoms with Crippen LogP contribution in [-0.2, 0) is 4.79 Å². The van der Waals surface area contributed by atoms with Crippen molar-refractivity contribution in [2.75, 3.05) is 23.5 Å². The maximum absolute atomic E-state index is 13.6. The molecule has 0 aliphatic heterocycles. The van der Waals surface area contributed by atoms with Crippen molar-refractivity contribution in [2.45, 2.75) is 12.1 Å². The van der Waals surface area contributed by atoms with Gasteiger partial charge in [0.1, 0.15) is 17.4 Å². The van der Waals surface area contributed by atoms with Gasteiger partial charge >= 0.3 is 0 Å². The molecule has 7 nitrogen and oxygen atoms in total. The van der Waals surface area contributed by atoms with Gasteiger partial charge < -0.3 is 15.9 Å². The molecule has 3 aromatic rings. The molecule has 3 N–H and O–H groups in total. The van der Waals surface area contributed by atoms with Gasteiger partial charge in [-0.05, 0) is 43.3 Å². The zero-order chi connectivity index (χ0) is 20.1. The number of hydrogen-bond acceptors (Lipinski definition) is 6. The van der Waals surface area contributed by atoms with Crippen LogP contribution in [0.15, 0.2) is 47.6 Å². The lowest BCUT2D eigenvalue weighted by atomic mass is 10.2. The molecule has 146 valence electrons. The van der Waals surface area contributed by atoms with Gasteiger partial charge in [0.25, 0.3) is 0 Å². The summed E-state index contributed by atoms with van der Waals surface area (Å²) < 4.78 is 33.4. The van der Waals surface area contributed by atoms with E-state index in [0.29, 0.717) is 17.6 Å². The second-order valence-electron chi connectivity index (χ2n) is 5.59. The minimum absolute atomic E-state index is 0.103. The van der Waals surface area contributed by atoms with Crippen LogP contribution in [0.3, 0.4) is 0 Å². The number of nitrogen functional groups attached to an aromatic ring is 1. The number of hydrogen-bond donors (Lipinski definition) is 2. The first kappa shape index (κ1) is 19.6. The first-order valence-electron chi connectivity index (χ1n) is 8.29. The summed E-state index contributed by atoms with van der Waals surface area (Å²) in [6.45, 7) is 2.46. The number of anilines is 1. The summed E-state index contributed by atoms with van der Waals surface area (Å²) in [5, 5.41) is 10.6. The van der Waals surface area contributed by atoms with E-state index >= 15 is 0 Å². The molecule has 2 aromatic carbocycles. The van der Waals surface area contributed by atoms with Crippen molar-refractivity contribution in [1.29, 1.82) is 0 Å². The van der Waals surface area contributed by atoms with Gasteiger partial charge in [0.15, 0.2) is 5.82 Å². The van der Waals surface area contributed by atoms with Crippen LogP contribution in [0.25, 0.3) is 11.4 Å². The van der Waals surface area contributed by atoms with Crippen molar-refractivity contribution in [1.82, 2.24) is 14.9 Å². The Morgan fingerprint density at radius 2 is 1.96 bits per heavy atom. The lowest BCUT2D eigenvalue weighted by molar-refractivity contribution is -0.113. The molecule has 0 unspecified atom stereocenters. The van der Waals surface area contributed by atoms with E-state index in [1.807, 2.05) is 6.92 Å². The predicted molar refractivity (Wildman–Crippen MR) is 102 cm³/mol. The molecule has 28 heavy (non-hydrogen) atoms. The molecule has 0 atom stereocenters. The summed E-state index contributed by atoms with van der Waals surface area (Å²) in [6, 6.07) is 10.0. The summed E-state index contributed by atoms with van der Waals surface area (Å²) in [5.74, 6) is 5.16. The molecule has 0 radical (unpaired) electrons. The SMILES string of the molecule is CCOc1ccc(-c2nnc(SCC(=O)Nc3cc(F)ccc3F)n2N)cc1. The lowest BCUT2D eigenvalue weighted by Crippen LogP contribution is -2.17. The van der Waals surface area contributed by atoms with Crippen LogP contribution in [0, 0.1) is 11.6 Å². The van der Waals surface area contributed by atoms with Crippen LogP contribution in [0.4, 0.5) is 14.5 Å². The van der Waals surface area contributed by atoms with Crippen LogP contribution in [-0.4, -0.2) is 33.1 Å². The maximum atomic E-state index is 13.6. The van der Waals surface area contributed by atoms with Crippen molar-refractivity contribution >= 4 is 23.4 Å². The Bertz CT molecular complexity index is 979. The number of nitrogens with one attached hydrogen (secondary N) is 1. The van der Waals surface area contributed by atoms with Gasteiger partial charge in [-0.2, -0.15) is 0 Å². The van der Waals surface area contributed by atoms with E-state index in [1.165, 1.54) is 4.68 Å². The molecule has 0 saturated heterocycles. The summed E-state index contributed by atoms with van der Waals surface area (Å²) in [4.78, 5) is 12.0. The Morgan fingerprint density at radius 1 is 1.21 bits per heavy atom. The molecule has 0 fully saturated rings. The third-order valence-corrected chi connectivity index (χ3v) is 4.57. The molecular formula is C18H17F2N5O2S. The highest BCUT2D eigenvalue weighted by molar-refractivity contribution is 7.99. The van der Waals surface area contributed by atoms with E-state index in [9.17, 15) is 13.6 Å². The monoisotopic (exact) mass is 405 g/mol. The van der Waals surface area contributed by atoms with Crippen LogP contribution in [0.1, 0.15) is 6.92 Å². The smallest absolute Gasteiger partial charge is 0.234 e. The highest BCUT2D eigenvalue weighted by Crippen LogP contribution is 2.24. The Hall–Kier alpha value is -3.14. The number of amides is 1. The van der Waals surface area contributed by atoms with E-state index in [2.05, 4.69) is 15.5 Å². The lowest BCUT2D eigenvalue weighted by Gasteiger charge is -2.07. The summed E-state index contributed by atoms with van der Waals surface area (Å²) in [6.07, 6.45) is 0. The third-order valence-electron chi connectivity index (χ3n) is 3.62. The molecule has 3 rings (SSSR count). The topological polar surface area (TPSA) is 95.1 Å². The van der Waals surface area contributed by atoms with Gasteiger partial charge in [-0.15, -0.1) is 10.2 Å². The maximum Gasteiger partial charge on any atom is 0.234 e. The zero-order valence-electron chi connectivity index (χ0n) is 14.9. The summed E-state index contributed by atoms with van der Waals surface area (Å²) in [7, 11) is 0. The second kappa shape index (κ2) is 8.70.